The van der Waals surface area contributed by atoms with Gasteiger partial charge >= 0.3 is 0 Å². The monoisotopic (exact) mass is 436 g/mol. The second kappa shape index (κ2) is 7.09. The SMILES string of the molecule is COc1ccc2c(c1)CC[C@@H]1c3ccccc3N(S(=O)(=O)c3ccc([N+](=O)[O-])cc3)[C@H]21. The maximum atomic E-state index is 13.8. The average molecular weight is 436 g/mol. The second-order valence-electron chi connectivity index (χ2n) is 7.77. The van der Waals surface area contributed by atoms with Crippen molar-refractivity contribution in [2.45, 2.75) is 29.7 Å². The van der Waals surface area contributed by atoms with E-state index in [0.29, 0.717) is 5.69 Å². The summed E-state index contributed by atoms with van der Waals surface area (Å²) >= 11 is 0. The predicted octanol–water partition coefficient (Wildman–Crippen LogP) is 4.58. The Morgan fingerprint density at radius 2 is 1.77 bits per heavy atom. The van der Waals surface area contributed by atoms with E-state index in [1.807, 2.05) is 42.5 Å². The molecule has 0 saturated carbocycles. The summed E-state index contributed by atoms with van der Waals surface area (Å²) in [6.45, 7) is 0. The fourth-order valence-electron chi connectivity index (χ4n) is 4.80. The highest BCUT2D eigenvalue weighted by Crippen LogP contribution is 2.56. The van der Waals surface area contributed by atoms with E-state index in [1.54, 1.807) is 7.11 Å². The van der Waals surface area contributed by atoms with Crippen molar-refractivity contribution < 1.29 is 18.1 Å². The van der Waals surface area contributed by atoms with Gasteiger partial charge in [0.2, 0.25) is 0 Å². The highest BCUT2D eigenvalue weighted by atomic mass is 32.2. The lowest BCUT2D eigenvalue weighted by molar-refractivity contribution is -0.384. The Labute approximate surface area is 180 Å². The number of ether oxygens (including phenoxy) is 1. The van der Waals surface area contributed by atoms with E-state index in [9.17, 15) is 18.5 Å². The molecule has 2 atom stereocenters. The molecule has 1 aliphatic carbocycles. The van der Waals surface area contributed by atoms with Gasteiger partial charge in [-0.15, -0.1) is 0 Å². The van der Waals surface area contributed by atoms with Crippen molar-refractivity contribution in [3.63, 3.8) is 0 Å². The summed E-state index contributed by atoms with van der Waals surface area (Å²) < 4.78 is 34.5. The zero-order valence-corrected chi connectivity index (χ0v) is 17.6. The molecule has 0 N–H and O–H groups in total. The van der Waals surface area contributed by atoms with Gasteiger partial charge in [0.05, 0.1) is 28.7 Å². The molecule has 5 rings (SSSR count). The fourth-order valence-corrected chi connectivity index (χ4v) is 6.49. The molecule has 0 unspecified atom stereocenters. The Morgan fingerprint density at radius 3 is 2.48 bits per heavy atom. The van der Waals surface area contributed by atoms with Crippen molar-refractivity contribution in [3.05, 3.63) is 93.5 Å². The number of hydrogen-bond acceptors (Lipinski definition) is 5. The van der Waals surface area contributed by atoms with Crippen molar-refractivity contribution in [2.75, 3.05) is 11.4 Å². The first-order chi connectivity index (χ1) is 14.9. The Morgan fingerprint density at radius 1 is 1.03 bits per heavy atom. The van der Waals surface area contributed by atoms with Gasteiger partial charge in [-0.1, -0.05) is 24.3 Å². The fraction of sp³-hybridized carbons (Fsp3) is 0.217. The summed E-state index contributed by atoms with van der Waals surface area (Å²) in [6.07, 6.45) is 1.67. The third-order valence-electron chi connectivity index (χ3n) is 6.21. The Kier molecular flexibility index (Phi) is 4.48. The molecular formula is C23H20N2O5S. The smallest absolute Gasteiger partial charge is 0.269 e. The number of nitro groups is 1. The van der Waals surface area contributed by atoms with E-state index in [-0.39, 0.29) is 22.5 Å². The molecule has 2 aliphatic rings. The van der Waals surface area contributed by atoms with Crippen LogP contribution in [0, 0.1) is 10.1 Å². The zero-order chi connectivity index (χ0) is 21.8. The molecule has 0 aromatic heterocycles. The molecule has 1 aliphatic heterocycles. The molecule has 31 heavy (non-hydrogen) atoms. The molecule has 0 bridgehead atoms. The number of non-ortho nitro benzene ring substituents is 1. The number of aryl methyl sites for hydroxylation is 1. The van der Waals surface area contributed by atoms with Crippen LogP contribution in [0.2, 0.25) is 0 Å². The lowest BCUT2D eigenvalue weighted by atomic mass is 9.78. The summed E-state index contributed by atoms with van der Waals surface area (Å²) in [5.74, 6) is 0.794. The minimum Gasteiger partial charge on any atom is -0.497 e. The number of sulfonamides is 1. The molecule has 158 valence electrons. The molecule has 0 radical (unpaired) electrons. The van der Waals surface area contributed by atoms with Crippen LogP contribution < -0.4 is 9.04 Å². The molecule has 0 amide bonds. The molecule has 7 nitrogen and oxygen atoms in total. The van der Waals surface area contributed by atoms with Crippen LogP contribution in [0.3, 0.4) is 0 Å². The Bertz CT molecular complexity index is 1290. The average Bonchev–Trinajstić information content (AvgIpc) is 3.14. The van der Waals surface area contributed by atoms with Gasteiger partial charge in [-0.3, -0.25) is 14.4 Å². The minimum absolute atomic E-state index is 0.0363. The third-order valence-corrected chi connectivity index (χ3v) is 8.01. The molecule has 0 fully saturated rings. The lowest BCUT2D eigenvalue weighted by Crippen LogP contribution is -2.35. The number of fused-ring (bicyclic) bond motifs is 5. The van der Waals surface area contributed by atoms with Gasteiger partial charge < -0.3 is 4.74 Å². The van der Waals surface area contributed by atoms with E-state index in [4.69, 9.17) is 4.74 Å². The van der Waals surface area contributed by atoms with Crippen molar-refractivity contribution >= 4 is 21.4 Å². The van der Waals surface area contributed by atoms with E-state index < -0.39 is 14.9 Å². The van der Waals surface area contributed by atoms with E-state index in [2.05, 4.69) is 0 Å². The van der Waals surface area contributed by atoms with Crippen molar-refractivity contribution in [2.24, 2.45) is 0 Å². The van der Waals surface area contributed by atoms with Crippen LogP contribution in [0.1, 0.15) is 35.1 Å². The van der Waals surface area contributed by atoms with Gasteiger partial charge in [0.25, 0.3) is 15.7 Å². The number of para-hydroxylation sites is 1. The van der Waals surface area contributed by atoms with Gasteiger partial charge in [0, 0.05) is 18.1 Å². The number of anilines is 1. The van der Waals surface area contributed by atoms with E-state index >= 15 is 0 Å². The number of rotatable bonds is 4. The summed E-state index contributed by atoms with van der Waals surface area (Å²) in [5, 5.41) is 11.0. The van der Waals surface area contributed by atoms with Crippen LogP contribution in [0.5, 0.6) is 5.75 Å². The highest BCUT2D eigenvalue weighted by molar-refractivity contribution is 7.92. The quantitative estimate of drug-likeness (QED) is 0.441. The van der Waals surface area contributed by atoms with Gasteiger partial charge in [-0.05, 0) is 59.9 Å². The van der Waals surface area contributed by atoms with Crippen LogP contribution in [-0.4, -0.2) is 20.5 Å². The van der Waals surface area contributed by atoms with Crippen LogP contribution in [0.15, 0.2) is 71.6 Å². The molecule has 0 spiro atoms. The van der Waals surface area contributed by atoms with Crippen LogP contribution in [0.25, 0.3) is 0 Å². The number of nitrogens with zero attached hydrogens (tertiary/aromatic N) is 2. The summed E-state index contributed by atoms with van der Waals surface area (Å²) in [5.41, 5.74) is 3.59. The zero-order valence-electron chi connectivity index (χ0n) is 16.8. The van der Waals surface area contributed by atoms with Crippen LogP contribution in [-0.2, 0) is 16.4 Å². The first kappa shape index (κ1) is 19.6. The minimum atomic E-state index is -3.94. The van der Waals surface area contributed by atoms with E-state index in [1.165, 1.54) is 28.6 Å². The van der Waals surface area contributed by atoms with Crippen molar-refractivity contribution in [1.82, 2.24) is 0 Å². The molecule has 1 heterocycles. The van der Waals surface area contributed by atoms with E-state index in [0.717, 1.165) is 35.3 Å². The summed E-state index contributed by atoms with van der Waals surface area (Å²) in [6, 6.07) is 18.1. The van der Waals surface area contributed by atoms with Gasteiger partial charge in [-0.25, -0.2) is 8.42 Å². The predicted molar refractivity (Wildman–Crippen MR) is 116 cm³/mol. The third kappa shape index (κ3) is 2.97. The molecule has 3 aromatic rings. The van der Waals surface area contributed by atoms with Crippen LogP contribution >= 0.6 is 0 Å². The number of methoxy groups -OCH3 is 1. The van der Waals surface area contributed by atoms with Crippen LogP contribution in [0.4, 0.5) is 11.4 Å². The molecule has 8 heteroatoms. The Balaban J connectivity index is 1.67. The molecule has 3 aromatic carbocycles. The highest BCUT2D eigenvalue weighted by Gasteiger charge is 2.47. The standard InChI is InChI=1S/C23H20N2O5S/c1-30-17-9-13-19-15(14-17)6-12-21-20-4-2-3-5-22(20)24(23(19)21)31(28,29)18-10-7-16(8-11-18)25(26)27/h2-5,7-11,13-14,21,23H,6,12H2,1H3/t21-,23-/m1/s1. The number of benzene rings is 3. The topological polar surface area (TPSA) is 89.8 Å². The maximum absolute atomic E-state index is 13.8. The normalized spacial score (nSPS) is 19.3. The molecule has 0 saturated heterocycles. The first-order valence-electron chi connectivity index (χ1n) is 9.96. The summed E-state index contributed by atoms with van der Waals surface area (Å²) in [7, 11) is -2.33. The van der Waals surface area contributed by atoms with Crippen molar-refractivity contribution in [1.29, 1.82) is 0 Å². The number of hydrogen-bond donors (Lipinski definition) is 0. The van der Waals surface area contributed by atoms with Gasteiger partial charge in [-0.2, -0.15) is 0 Å². The second-order valence-corrected chi connectivity index (χ2v) is 9.58. The first-order valence-corrected chi connectivity index (χ1v) is 11.4. The largest absolute Gasteiger partial charge is 0.497 e. The van der Waals surface area contributed by atoms with Crippen molar-refractivity contribution in [3.8, 4) is 5.75 Å². The van der Waals surface area contributed by atoms with Gasteiger partial charge in [0.15, 0.2) is 0 Å². The molecular weight excluding hydrogens is 416 g/mol. The Hall–Kier alpha value is -3.39. The van der Waals surface area contributed by atoms with Gasteiger partial charge in [0.1, 0.15) is 5.75 Å². The maximum Gasteiger partial charge on any atom is 0.269 e. The lowest BCUT2D eigenvalue weighted by Gasteiger charge is -2.35. The summed E-state index contributed by atoms with van der Waals surface area (Å²) in [4.78, 5) is 10.5. The number of nitro benzene ring substituents is 1.